The van der Waals surface area contributed by atoms with Crippen LogP contribution < -0.4 is 5.32 Å². The Balaban J connectivity index is 2.28. The zero-order valence-corrected chi connectivity index (χ0v) is 10.9. The van der Waals surface area contributed by atoms with Gasteiger partial charge in [-0.05, 0) is 37.9 Å². The van der Waals surface area contributed by atoms with Gasteiger partial charge in [-0.15, -0.1) is 0 Å². The number of ketones is 1. The molecule has 1 unspecified atom stereocenters. The van der Waals surface area contributed by atoms with Gasteiger partial charge in [0.25, 0.3) is 0 Å². The first-order valence-electron chi connectivity index (χ1n) is 6.19. The highest BCUT2D eigenvalue weighted by molar-refractivity contribution is 6.31. The molecule has 0 bridgehead atoms. The maximum Gasteiger partial charge on any atom is 0.170 e. The third-order valence-electron chi connectivity index (χ3n) is 3.72. The Bertz CT molecular complexity index is 410. The Kier molecular flexibility index (Phi) is 3.85. The van der Waals surface area contributed by atoms with Crippen molar-refractivity contribution in [3.63, 3.8) is 0 Å². The molecule has 92 valence electrons. The molecule has 2 nitrogen and oxygen atoms in total. The number of hydrogen-bond acceptors (Lipinski definition) is 2. The molecule has 0 amide bonds. The SMILES string of the molecule is CCC1(C(=O)c2cccc(Cl)c2)CCCNC1. The zero-order chi connectivity index (χ0) is 12.3. The van der Waals surface area contributed by atoms with Gasteiger partial charge < -0.3 is 5.32 Å². The molecule has 0 saturated carbocycles. The Labute approximate surface area is 107 Å². The van der Waals surface area contributed by atoms with Crippen molar-refractivity contribution < 1.29 is 4.79 Å². The summed E-state index contributed by atoms with van der Waals surface area (Å²) < 4.78 is 0. The molecule has 1 fully saturated rings. The van der Waals surface area contributed by atoms with Crippen molar-refractivity contribution in [3.05, 3.63) is 34.9 Å². The van der Waals surface area contributed by atoms with Gasteiger partial charge >= 0.3 is 0 Å². The molecule has 17 heavy (non-hydrogen) atoms. The van der Waals surface area contributed by atoms with Crippen LogP contribution in [0.5, 0.6) is 0 Å². The summed E-state index contributed by atoms with van der Waals surface area (Å²) in [6, 6.07) is 7.28. The first kappa shape index (κ1) is 12.6. The number of hydrogen-bond donors (Lipinski definition) is 1. The number of nitrogens with one attached hydrogen (secondary N) is 1. The van der Waals surface area contributed by atoms with Gasteiger partial charge in [0.2, 0.25) is 0 Å². The van der Waals surface area contributed by atoms with Crippen LogP contribution in [0.25, 0.3) is 0 Å². The first-order valence-corrected chi connectivity index (χ1v) is 6.57. The van der Waals surface area contributed by atoms with Crippen molar-refractivity contribution >= 4 is 17.4 Å². The van der Waals surface area contributed by atoms with Gasteiger partial charge in [0, 0.05) is 22.5 Å². The van der Waals surface area contributed by atoms with Gasteiger partial charge in [0.15, 0.2) is 5.78 Å². The van der Waals surface area contributed by atoms with E-state index in [1.54, 1.807) is 12.1 Å². The van der Waals surface area contributed by atoms with E-state index in [-0.39, 0.29) is 11.2 Å². The Morgan fingerprint density at radius 3 is 2.94 bits per heavy atom. The second-order valence-corrected chi connectivity index (χ2v) is 5.19. The molecule has 3 heteroatoms. The molecule has 0 spiro atoms. The normalized spacial score (nSPS) is 24.6. The van der Waals surface area contributed by atoms with Crippen LogP contribution >= 0.6 is 11.6 Å². The molecule has 0 radical (unpaired) electrons. The number of halogens is 1. The molecule has 1 aromatic carbocycles. The van der Waals surface area contributed by atoms with Gasteiger partial charge in [-0.3, -0.25) is 4.79 Å². The topological polar surface area (TPSA) is 29.1 Å². The van der Waals surface area contributed by atoms with E-state index in [0.29, 0.717) is 5.02 Å². The van der Waals surface area contributed by atoms with Crippen molar-refractivity contribution in [2.75, 3.05) is 13.1 Å². The fourth-order valence-corrected chi connectivity index (χ4v) is 2.75. The van der Waals surface area contributed by atoms with Gasteiger partial charge in [-0.25, -0.2) is 0 Å². The molecule has 1 heterocycles. The van der Waals surface area contributed by atoms with Crippen LogP contribution in [0.15, 0.2) is 24.3 Å². The van der Waals surface area contributed by atoms with Crippen LogP contribution in [0.2, 0.25) is 5.02 Å². The number of benzene rings is 1. The summed E-state index contributed by atoms with van der Waals surface area (Å²) in [6.07, 6.45) is 2.92. The summed E-state index contributed by atoms with van der Waals surface area (Å²) in [4.78, 5) is 12.6. The minimum absolute atomic E-state index is 0.231. The number of rotatable bonds is 3. The van der Waals surface area contributed by atoms with Crippen LogP contribution in [0.3, 0.4) is 0 Å². The molecular formula is C14H18ClNO. The van der Waals surface area contributed by atoms with Crippen molar-refractivity contribution in [2.45, 2.75) is 26.2 Å². The van der Waals surface area contributed by atoms with Crippen LogP contribution in [0.4, 0.5) is 0 Å². The number of carbonyl (C=O) groups excluding carboxylic acids is 1. The highest BCUT2D eigenvalue weighted by atomic mass is 35.5. The minimum Gasteiger partial charge on any atom is -0.316 e. The summed E-state index contributed by atoms with van der Waals surface area (Å²) >= 11 is 5.95. The van der Waals surface area contributed by atoms with E-state index in [1.807, 2.05) is 12.1 Å². The molecule has 1 aliphatic rings. The van der Waals surface area contributed by atoms with Crippen LogP contribution in [0.1, 0.15) is 36.5 Å². The fraction of sp³-hybridized carbons (Fsp3) is 0.500. The second kappa shape index (κ2) is 5.19. The Hall–Kier alpha value is -0.860. The van der Waals surface area contributed by atoms with Gasteiger partial charge in [-0.1, -0.05) is 30.7 Å². The van der Waals surface area contributed by atoms with E-state index in [4.69, 9.17) is 11.6 Å². The summed E-state index contributed by atoms with van der Waals surface area (Å²) in [5, 5.41) is 3.97. The monoisotopic (exact) mass is 251 g/mol. The molecular weight excluding hydrogens is 234 g/mol. The molecule has 0 aliphatic carbocycles. The zero-order valence-electron chi connectivity index (χ0n) is 10.1. The summed E-state index contributed by atoms with van der Waals surface area (Å²) in [5.41, 5.74) is 0.506. The summed E-state index contributed by atoms with van der Waals surface area (Å²) in [5.74, 6) is 0.231. The summed E-state index contributed by atoms with van der Waals surface area (Å²) in [7, 11) is 0. The number of carbonyl (C=O) groups is 1. The number of piperidine rings is 1. The van der Waals surface area contributed by atoms with Crippen molar-refractivity contribution in [3.8, 4) is 0 Å². The van der Waals surface area contributed by atoms with Gasteiger partial charge in [0.05, 0.1) is 0 Å². The predicted octanol–water partition coefficient (Wildman–Crippen LogP) is 3.30. The molecule has 1 aromatic rings. The molecule has 1 saturated heterocycles. The predicted molar refractivity (Wildman–Crippen MR) is 70.6 cm³/mol. The van der Waals surface area contributed by atoms with Crippen molar-refractivity contribution in [1.82, 2.24) is 5.32 Å². The second-order valence-electron chi connectivity index (χ2n) is 4.75. The molecule has 0 aromatic heterocycles. The van der Waals surface area contributed by atoms with Gasteiger partial charge in [-0.2, -0.15) is 0 Å². The average molecular weight is 252 g/mol. The van der Waals surface area contributed by atoms with E-state index in [0.717, 1.165) is 37.9 Å². The highest BCUT2D eigenvalue weighted by Crippen LogP contribution is 2.34. The molecule has 1 aliphatic heterocycles. The lowest BCUT2D eigenvalue weighted by Crippen LogP contribution is -2.45. The maximum atomic E-state index is 12.6. The van der Waals surface area contributed by atoms with Crippen LogP contribution in [-0.4, -0.2) is 18.9 Å². The van der Waals surface area contributed by atoms with Crippen molar-refractivity contribution in [2.24, 2.45) is 5.41 Å². The molecule has 1 atom stereocenters. The number of Topliss-reactive ketones (excluding diaryl/α,β-unsaturated/α-hetero) is 1. The van der Waals surface area contributed by atoms with E-state index in [9.17, 15) is 4.79 Å². The first-order chi connectivity index (χ1) is 8.18. The quantitative estimate of drug-likeness (QED) is 0.836. The standard InChI is InChI=1S/C14H18ClNO/c1-2-14(7-4-8-16-10-14)13(17)11-5-3-6-12(15)9-11/h3,5-6,9,16H,2,4,7-8,10H2,1H3. The van der Waals surface area contributed by atoms with Crippen molar-refractivity contribution in [1.29, 1.82) is 0 Å². The lowest BCUT2D eigenvalue weighted by molar-refractivity contribution is 0.0730. The van der Waals surface area contributed by atoms with Gasteiger partial charge in [0.1, 0.15) is 0 Å². The third-order valence-corrected chi connectivity index (χ3v) is 3.95. The largest absolute Gasteiger partial charge is 0.316 e. The smallest absolute Gasteiger partial charge is 0.170 e. The molecule has 2 rings (SSSR count). The minimum atomic E-state index is -0.233. The Morgan fingerprint density at radius 2 is 2.35 bits per heavy atom. The van der Waals surface area contributed by atoms with E-state index < -0.39 is 0 Å². The lowest BCUT2D eigenvalue weighted by Gasteiger charge is -2.35. The fourth-order valence-electron chi connectivity index (χ4n) is 2.56. The van der Waals surface area contributed by atoms with E-state index in [2.05, 4.69) is 12.2 Å². The lowest BCUT2D eigenvalue weighted by atomic mass is 9.73. The highest BCUT2D eigenvalue weighted by Gasteiger charge is 2.38. The summed E-state index contributed by atoms with van der Waals surface area (Å²) in [6.45, 7) is 3.90. The molecule has 1 N–H and O–H groups in total. The van der Waals surface area contributed by atoms with Crippen LogP contribution in [-0.2, 0) is 0 Å². The van der Waals surface area contributed by atoms with E-state index in [1.165, 1.54) is 0 Å². The maximum absolute atomic E-state index is 12.6. The van der Waals surface area contributed by atoms with Crippen LogP contribution in [0, 0.1) is 5.41 Å². The Morgan fingerprint density at radius 1 is 1.53 bits per heavy atom. The average Bonchev–Trinajstić information content (AvgIpc) is 2.38. The third kappa shape index (κ3) is 2.53. The van der Waals surface area contributed by atoms with E-state index >= 15 is 0 Å².